The van der Waals surface area contributed by atoms with Gasteiger partial charge in [-0.2, -0.15) is 9.07 Å². The molecule has 1 saturated heterocycles. The first-order valence-corrected chi connectivity index (χ1v) is 5.19. The lowest BCUT2D eigenvalue weighted by Crippen LogP contribution is -2.46. The number of ether oxygens (including phenoxy) is 1. The summed E-state index contributed by atoms with van der Waals surface area (Å²) >= 11 is 0. The van der Waals surface area contributed by atoms with Gasteiger partial charge < -0.3 is 20.8 Å². The van der Waals surface area contributed by atoms with Gasteiger partial charge >= 0.3 is 11.2 Å². The number of hydrogen-bond donors (Lipinski definition) is 3. The highest BCUT2D eigenvalue weighted by Gasteiger charge is 2.35. The second-order valence-corrected chi connectivity index (χ2v) is 3.96. The van der Waals surface area contributed by atoms with Crippen molar-refractivity contribution in [3.8, 4) is 0 Å². The molecule has 0 bridgehead atoms. The van der Waals surface area contributed by atoms with Crippen LogP contribution in [0.4, 0.5) is 4.39 Å². The zero-order chi connectivity index (χ0) is 13.4. The zero-order valence-corrected chi connectivity index (χ0v) is 9.19. The summed E-state index contributed by atoms with van der Waals surface area (Å²) in [5.41, 5.74) is -2.20. The molecular formula is C9H12FN3O5. The molecule has 0 radical (unpaired) electrons. The fraction of sp³-hybridized carbons (Fsp3) is 0.556. The molecule has 18 heavy (non-hydrogen) atoms. The van der Waals surface area contributed by atoms with E-state index in [0.717, 1.165) is 4.57 Å². The second-order valence-electron chi connectivity index (χ2n) is 3.96. The fourth-order valence-corrected chi connectivity index (χ4v) is 1.82. The largest absolute Gasteiger partial charge is 0.394 e. The van der Waals surface area contributed by atoms with E-state index in [1.165, 1.54) is 0 Å². The quantitative estimate of drug-likeness (QED) is 0.506. The Morgan fingerprint density at radius 2 is 2.22 bits per heavy atom. The number of nitrogens with two attached hydrogens (primary N) is 1. The summed E-state index contributed by atoms with van der Waals surface area (Å²) in [6, 6.07) is 0. The van der Waals surface area contributed by atoms with Crippen LogP contribution in [0.1, 0.15) is 12.6 Å². The third-order valence-corrected chi connectivity index (χ3v) is 2.80. The van der Waals surface area contributed by atoms with Crippen LogP contribution in [-0.2, 0) is 4.74 Å². The molecule has 1 aliphatic heterocycles. The number of nitrogen functional groups attached to an aromatic ring is 1. The Bertz CT molecular complexity index is 568. The summed E-state index contributed by atoms with van der Waals surface area (Å²) in [6.07, 6.45) is -2.15. The van der Waals surface area contributed by atoms with Gasteiger partial charge in [0.2, 0.25) is 5.82 Å². The molecule has 1 aromatic rings. The predicted molar refractivity (Wildman–Crippen MR) is 56.7 cm³/mol. The average molecular weight is 261 g/mol. The average Bonchev–Trinajstić information content (AvgIpc) is 2.72. The van der Waals surface area contributed by atoms with Crippen LogP contribution in [0.5, 0.6) is 0 Å². The van der Waals surface area contributed by atoms with Crippen LogP contribution >= 0.6 is 0 Å². The Morgan fingerprint density at radius 1 is 1.56 bits per heavy atom. The van der Waals surface area contributed by atoms with Gasteiger partial charge in [0.1, 0.15) is 12.3 Å². The van der Waals surface area contributed by atoms with Crippen molar-refractivity contribution in [3.05, 3.63) is 32.9 Å². The topological polar surface area (TPSA) is 120 Å². The predicted octanol–water partition coefficient (Wildman–Crippen LogP) is -2.50. The standard InChI is InChI=1S/C9H12FN3O5/c10-4-2-12(9(17)13(11)8(4)16)7-1-5(15)6(3-14)18-7/h2,5-7,14-15H,1,3,11H2/t5-,6+,7+/m0/s1. The lowest BCUT2D eigenvalue weighted by atomic mass is 10.2. The summed E-state index contributed by atoms with van der Waals surface area (Å²) in [6.45, 7) is -0.433. The van der Waals surface area contributed by atoms with E-state index in [9.17, 15) is 19.1 Å². The number of halogens is 1. The van der Waals surface area contributed by atoms with Gasteiger partial charge in [0.25, 0.3) is 0 Å². The van der Waals surface area contributed by atoms with Crippen molar-refractivity contribution in [1.82, 2.24) is 9.24 Å². The molecular weight excluding hydrogens is 249 g/mol. The van der Waals surface area contributed by atoms with E-state index in [0.29, 0.717) is 6.20 Å². The van der Waals surface area contributed by atoms with Crippen molar-refractivity contribution in [3.63, 3.8) is 0 Å². The van der Waals surface area contributed by atoms with E-state index >= 15 is 0 Å². The summed E-state index contributed by atoms with van der Waals surface area (Å²) in [5, 5.41) is 18.4. The Hall–Kier alpha value is -1.71. The summed E-state index contributed by atoms with van der Waals surface area (Å²) in [7, 11) is 0. The first-order chi connectivity index (χ1) is 8.45. The van der Waals surface area contributed by atoms with Gasteiger partial charge in [-0.3, -0.25) is 9.36 Å². The molecule has 100 valence electrons. The molecule has 1 aliphatic rings. The van der Waals surface area contributed by atoms with Crippen molar-refractivity contribution in [1.29, 1.82) is 0 Å². The first kappa shape index (κ1) is 12.7. The van der Waals surface area contributed by atoms with Crippen LogP contribution < -0.4 is 17.1 Å². The number of aromatic nitrogens is 2. The molecule has 8 nitrogen and oxygen atoms in total. The number of aliphatic hydroxyl groups excluding tert-OH is 2. The molecule has 0 unspecified atom stereocenters. The highest BCUT2D eigenvalue weighted by molar-refractivity contribution is 4.93. The van der Waals surface area contributed by atoms with Gasteiger partial charge in [-0.05, 0) is 0 Å². The molecule has 1 fully saturated rings. The van der Waals surface area contributed by atoms with E-state index in [2.05, 4.69) is 0 Å². The van der Waals surface area contributed by atoms with Crippen LogP contribution in [0.2, 0.25) is 0 Å². The fourth-order valence-electron chi connectivity index (χ4n) is 1.82. The molecule has 0 saturated carbocycles. The Morgan fingerprint density at radius 3 is 2.78 bits per heavy atom. The van der Waals surface area contributed by atoms with Crippen LogP contribution in [-0.4, -0.2) is 38.3 Å². The minimum absolute atomic E-state index is 0.0111. The molecule has 1 aromatic heterocycles. The number of aliphatic hydroxyl groups is 2. The first-order valence-electron chi connectivity index (χ1n) is 5.19. The second kappa shape index (κ2) is 4.52. The molecule has 2 heterocycles. The summed E-state index contributed by atoms with van der Waals surface area (Å²) < 4.78 is 19.3. The maximum atomic E-state index is 13.2. The van der Waals surface area contributed by atoms with E-state index in [1.807, 2.05) is 0 Å². The normalized spacial score (nSPS) is 27.6. The van der Waals surface area contributed by atoms with Gasteiger partial charge in [-0.15, -0.1) is 0 Å². The van der Waals surface area contributed by atoms with Crippen molar-refractivity contribution in [2.75, 3.05) is 12.4 Å². The third kappa shape index (κ3) is 1.92. The van der Waals surface area contributed by atoms with Crippen molar-refractivity contribution in [2.24, 2.45) is 0 Å². The van der Waals surface area contributed by atoms with E-state index in [4.69, 9.17) is 15.7 Å². The molecule has 0 spiro atoms. The molecule has 4 N–H and O–H groups in total. The van der Waals surface area contributed by atoms with Crippen molar-refractivity contribution < 1.29 is 19.3 Å². The van der Waals surface area contributed by atoms with Crippen molar-refractivity contribution >= 4 is 0 Å². The lowest BCUT2D eigenvalue weighted by molar-refractivity contribution is -0.0465. The molecule has 3 atom stereocenters. The monoisotopic (exact) mass is 261 g/mol. The molecule has 9 heteroatoms. The van der Waals surface area contributed by atoms with E-state index < -0.39 is 42.1 Å². The lowest BCUT2D eigenvalue weighted by Gasteiger charge is -2.15. The summed E-state index contributed by atoms with van der Waals surface area (Å²) in [5.74, 6) is 3.91. The van der Waals surface area contributed by atoms with Gasteiger partial charge in [0.15, 0.2) is 0 Å². The maximum absolute atomic E-state index is 13.2. The molecule has 2 rings (SSSR count). The van der Waals surface area contributed by atoms with Gasteiger partial charge in [-0.1, -0.05) is 0 Å². The minimum Gasteiger partial charge on any atom is -0.394 e. The number of nitrogens with zero attached hydrogens (tertiary/aromatic N) is 2. The smallest absolute Gasteiger partial charge is 0.352 e. The highest BCUT2D eigenvalue weighted by atomic mass is 19.1. The van der Waals surface area contributed by atoms with Crippen molar-refractivity contribution in [2.45, 2.75) is 24.9 Å². The van der Waals surface area contributed by atoms with E-state index in [1.54, 1.807) is 0 Å². The number of hydrogen-bond acceptors (Lipinski definition) is 6. The molecule has 0 amide bonds. The summed E-state index contributed by atoms with van der Waals surface area (Å²) in [4.78, 5) is 22.7. The third-order valence-electron chi connectivity index (χ3n) is 2.80. The van der Waals surface area contributed by atoms with Crippen LogP contribution in [0.15, 0.2) is 15.8 Å². The molecule has 0 aromatic carbocycles. The Kier molecular flexibility index (Phi) is 3.20. The SMILES string of the molecule is Nn1c(=O)c(F)cn([C@H]2C[C@H](O)[C@@H](CO)O2)c1=O. The zero-order valence-electron chi connectivity index (χ0n) is 9.19. The van der Waals surface area contributed by atoms with Crippen LogP contribution in [0.25, 0.3) is 0 Å². The van der Waals surface area contributed by atoms with Crippen LogP contribution in [0, 0.1) is 5.82 Å². The van der Waals surface area contributed by atoms with Gasteiger partial charge in [-0.25, -0.2) is 4.79 Å². The van der Waals surface area contributed by atoms with E-state index in [-0.39, 0.29) is 11.1 Å². The Labute approximate surface area is 99.6 Å². The Balaban J connectivity index is 2.42. The number of rotatable bonds is 2. The van der Waals surface area contributed by atoms with Gasteiger partial charge in [0.05, 0.1) is 18.9 Å². The minimum atomic E-state index is -1.24. The highest BCUT2D eigenvalue weighted by Crippen LogP contribution is 2.27. The van der Waals surface area contributed by atoms with Crippen LogP contribution in [0.3, 0.4) is 0 Å². The molecule has 0 aliphatic carbocycles. The van der Waals surface area contributed by atoms with Gasteiger partial charge in [0, 0.05) is 6.42 Å². The maximum Gasteiger partial charge on any atom is 0.352 e.